The predicted octanol–water partition coefficient (Wildman–Crippen LogP) is 3.26. The fourth-order valence-corrected chi connectivity index (χ4v) is 4.80. The molecule has 0 fully saturated rings. The van der Waals surface area contributed by atoms with Crippen molar-refractivity contribution in [2.24, 2.45) is 5.41 Å². The van der Waals surface area contributed by atoms with E-state index in [0.29, 0.717) is 5.56 Å². The van der Waals surface area contributed by atoms with Crippen molar-refractivity contribution in [1.82, 2.24) is 0 Å². The first-order valence-corrected chi connectivity index (χ1v) is 9.47. The van der Waals surface area contributed by atoms with Crippen LogP contribution in [0.3, 0.4) is 0 Å². The highest BCUT2D eigenvalue weighted by Gasteiger charge is 2.47. The Morgan fingerprint density at radius 1 is 1.04 bits per heavy atom. The van der Waals surface area contributed by atoms with E-state index >= 15 is 0 Å². The Labute approximate surface area is 155 Å². The van der Waals surface area contributed by atoms with Gasteiger partial charge >= 0.3 is 0 Å². The van der Waals surface area contributed by atoms with E-state index in [1.54, 1.807) is 18.2 Å². The van der Waals surface area contributed by atoms with Gasteiger partial charge in [0.25, 0.3) is 5.69 Å². The predicted molar refractivity (Wildman–Crippen MR) is 96.8 cm³/mol. The minimum Gasteiger partial charge on any atom is -0.258 e. The van der Waals surface area contributed by atoms with E-state index in [-0.39, 0.29) is 22.6 Å². The van der Waals surface area contributed by atoms with Gasteiger partial charge in [0.05, 0.1) is 27.2 Å². The molecule has 0 bridgehead atoms. The smallest absolute Gasteiger partial charge is 0.258 e. The maximum absolute atomic E-state index is 12.9. The zero-order valence-electron chi connectivity index (χ0n) is 13.9. The minimum atomic E-state index is -3.78. The van der Waals surface area contributed by atoms with E-state index in [0.717, 1.165) is 0 Å². The summed E-state index contributed by atoms with van der Waals surface area (Å²) in [7, 11) is -3.78. The SMILES string of the molecule is N#CC1(C#N)CC(S(=O)(=O)c2ccccc2)C=C1c1ccc([N+](=O)[O-])cc1. The molecule has 0 spiro atoms. The average molecular weight is 379 g/mol. The first-order chi connectivity index (χ1) is 12.8. The van der Waals surface area contributed by atoms with Gasteiger partial charge in [-0.1, -0.05) is 24.3 Å². The Bertz CT molecular complexity index is 1090. The van der Waals surface area contributed by atoms with Crippen LogP contribution < -0.4 is 0 Å². The van der Waals surface area contributed by atoms with Gasteiger partial charge in [0.1, 0.15) is 0 Å². The summed E-state index contributed by atoms with van der Waals surface area (Å²) in [5.41, 5.74) is -1.10. The van der Waals surface area contributed by atoms with Gasteiger partial charge in [0.15, 0.2) is 15.3 Å². The summed E-state index contributed by atoms with van der Waals surface area (Å²) in [6.07, 6.45) is 1.22. The normalized spacial score (nSPS) is 18.1. The van der Waals surface area contributed by atoms with Gasteiger partial charge in [-0.3, -0.25) is 10.1 Å². The molecule has 2 aromatic carbocycles. The summed E-state index contributed by atoms with van der Waals surface area (Å²) in [5, 5.41) is 29.0. The van der Waals surface area contributed by atoms with Gasteiger partial charge in [0.2, 0.25) is 0 Å². The van der Waals surface area contributed by atoms with Crippen LogP contribution in [0.1, 0.15) is 12.0 Å². The number of non-ortho nitro benzene ring substituents is 1. The molecule has 1 aliphatic carbocycles. The van der Waals surface area contributed by atoms with Crippen molar-refractivity contribution in [1.29, 1.82) is 10.5 Å². The molecule has 0 aliphatic heterocycles. The van der Waals surface area contributed by atoms with Crippen molar-refractivity contribution in [3.63, 3.8) is 0 Å². The molecule has 7 nitrogen and oxygen atoms in total. The van der Waals surface area contributed by atoms with Crippen LogP contribution in [0.25, 0.3) is 5.57 Å². The number of nitro benzene ring substituents is 1. The summed E-state index contributed by atoms with van der Waals surface area (Å²) in [5.74, 6) is 0. The van der Waals surface area contributed by atoms with Gasteiger partial charge in [0, 0.05) is 18.6 Å². The van der Waals surface area contributed by atoms with E-state index in [4.69, 9.17) is 0 Å². The van der Waals surface area contributed by atoms with Crippen LogP contribution in [0.2, 0.25) is 0 Å². The zero-order chi connectivity index (χ0) is 19.7. The number of nitriles is 2. The maximum Gasteiger partial charge on any atom is 0.269 e. The molecule has 1 unspecified atom stereocenters. The van der Waals surface area contributed by atoms with Gasteiger partial charge in [-0.25, -0.2) is 8.42 Å². The number of hydrogen-bond acceptors (Lipinski definition) is 6. The Morgan fingerprint density at radius 2 is 1.63 bits per heavy atom. The minimum absolute atomic E-state index is 0.112. The molecule has 1 atom stereocenters. The van der Waals surface area contributed by atoms with E-state index in [2.05, 4.69) is 0 Å². The molecular weight excluding hydrogens is 366 g/mol. The molecule has 2 aromatic rings. The lowest BCUT2D eigenvalue weighted by Gasteiger charge is -2.17. The fourth-order valence-electron chi connectivity index (χ4n) is 3.13. The van der Waals surface area contributed by atoms with E-state index in [1.807, 2.05) is 12.1 Å². The first-order valence-electron chi connectivity index (χ1n) is 7.92. The van der Waals surface area contributed by atoms with Crippen LogP contribution in [0, 0.1) is 38.2 Å². The Balaban J connectivity index is 2.10. The van der Waals surface area contributed by atoms with Gasteiger partial charge in [-0.05, 0) is 35.4 Å². The van der Waals surface area contributed by atoms with E-state index in [9.17, 15) is 29.1 Å². The number of hydrogen-bond donors (Lipinski definition) is 0. The van der Waals surface area contributed by atoms with Crippen molar-refractivity contribution >= 4 is 21.1 Å². The Kier molecular flexibility index (Phi) is 4.52. The molecule has 1 aliphatic rings. The fraction of sp³-hybridized carbons (Fsp3) is 0.158. The third-order valence-electron chi connectivity index (χ3n) is 4.56. The first kappa shape index (κ1) is 18.3. The molecule has 0 heterocycles. The summed E-state index contributed by atoms with van der Waals surface area (Å²) >= 11 is 0. The zero-order valence-corrected chi connectivity index (χ0v) is 14.8. The van der Waals surface area contributed by atoms with Crippen LogP contribution in [0.15, 0.2) is 65.6 Å². The highest BCUT2D eigenvalue weighted by molar-refractivity contribution is 7.92. The van der Waals surface area contributed by atoms with Crippen molar-refractivity contribution < 1.29 is 13.3 Å². The number of allylic oxidation sites excluding steroid dienone is 1. The number of nitrogens with zero attached hydrogens (tertiary/aromatic N) is 3. The molecule has 0 radical (unpaired) electrons. The summed E-state index contributed by atoms with van der Waals surface area (Å²) < 4.78 is 25.8. The average Bonchev–Trinajstić information content (AvgIpc) is 3.10. The Morgan fingerprint density at radius 3 is 2.15 bits per heavy atom. The van der Waals surface area contributed by atoms with Crippen LogP contribution in [-0.4, -0.2) is 18.6 Å². The number of benzene rings is 2. The molecule has 0 saturated heterocycles. The molecule has 8 heteroatoms. The molecule has 134 valence electrons. The van der Waals surface area contributed by atoms with Crippen LogP contribution in [0.4, 0.5) is 5.69 Å². The molecule has 0 N–H and O–H groups in total. The summed E-state index contributed by atoms with van der Waals surface area (Å²) in [4.78, 5) is 10.4. The standard InChI is InChI=1S/C19H13N3O4S/c20-12-19(13-21)11-17(27(25,26)16-4-2-1-3-5-16)10-18(19)14-6-8-15(9-7-14)22(23)24/h1-10,17H,11H2. The molecule has 3 rings (SSSR count). The van der Waals surface area contributed by atoms with Gasteiger partial charge in [-0.15, -0.1) is 0 Å². The van der Waals surface area contributed by atoms with Gasteiger partial charge in [-0.2, -0.15) is 10.5 Å². The number of rotatable bonds is 4. The Hall–Kier alpha value is -3.49. The van der Waals surface area contributed by atoms with Crippen molar-refractivity contribution in [2.45, 2.75) is 16.6 Å². The summed E-state index contributed by atoms with van der Waals surface area (Å²) in [6.45, 7) is 0. The second kappa shape index (κ2) is 6.67. The second-order valence-electron chi connectivity index (χ2n) is 6.11. The quantitative estimate of drug-likeness (QED) is 0.593. The molecule has 0 amide bonds. The van der Waals surface area contributed by atoms with Crippen molar-refractivity contribution in [2.75, 3.05) is 0 Å². The number of sulfone groups is 1. The van der Waals surface area contributed by atoms with Crippen LogP contribution in [-0.2, 0) is 9.84 Å². The molecule has 0 saturated carbocycles. The largest absolute Gasteiger partial charge is 0.269 e. The summed E-state index contributed by atoms with van der Waals surface area (Å²) in [6, 6.07) is 17.1. The lowest BCUT2D eigenvalue weighted by Crippen LogP contribution is -2.23. The van der Waals surface area contributed by atoms with Crippen LogP contribution >= 0.6 is 0 Å². The number of nitro groups is 1. The molecular formula is C19H13N3O4S. The third kappa shape index (κ3) is 3.07. The second-order valence-corrected chi connectivity index (χ2v) is 8.28. The van der Waals surface area contributed by atoms with Crippen molar-refractivity contribution in [3.8, 4) is 12.1 Å². The highest BCUT2D eigenvalue weighted by Crippen LogP contribution is 2.47. The lowest BCUT2D eigenvalue weighted by atomic mass is 9.81. The van der Waals surface area contributed by atoms with Crippen molar-refractivity contribution in [3.05, 3.63) is 76.4 Å². The van der Waals surface area contributed by atoms with E-state index < -0.39 is 25.4 Å². The topological polar surface area (TPSA) is 125 Å². The highest BCUT2D eigenvalue weighted by atomic mass is 32.2. The van der Waals surface area contributed by atoms with Gasteiger partial charge < -0.3 is 0 Å². The maximum atomic E-state index is 12.9. The van der Waals surface area contributed by atoms with E-state index in [1.165, 1.54) is 42.5 Å². The monoisotopic (exact) mass is 379 g/mol. The lowest BCUT2D eigenvalue weighted by molar-refractivity contribution is -0.384. The molecule has 0 aromatic heterocycles. The third-order valence-corrected chi connectivity index (χ3v) is 6.59. The van der Waals surface area contributed by atoms with Crippen LogP contribution in [0.5, 0.6) is 0 Å². The molecule has 27 heavy (non-hydrogen) atoms.